The van der Waals surface area contributed by atoms with Gasteiger partial charge in [0, 0.05) is 6.42 Å². The van der Waals surface area contributed by atoms with Gasteiger partial charge in [0.1, 0.15) is 4.85 Å². The lowest BCUT2D eigenvalue weighted by atomic mass is 10.1. The second kappa shape index (κ2) is 13.4. The summed E-state index contributed by atoms with van der Waals surface area (Å²) in [6.07, 6.45) is 9.18. The molecule has 1 N–H and O–H groups in total. The topological polar surface area (TPSA) is 135 Å². The van der Waals surface area contributed by atoms with Gasteiger partial charge in [-0.3, -0.25) is 5.21 Å². The Bertz CT molecular complexity index is 725. The predicted octanol–water partition coefficient (Wildman–Crippen LogP) is 0.661. The van der Waals surface area contributed by atoms with Crippen LogP contribution in [-0.4, -0.2) is 35.1 Å². The minimum atomic E-state index is -0.900. The van der Waals surface area contributed by atoms with E-state index in [-0.39, 0.29) is 18.7 Å². The average Bonchev–Trinajstić information content (AvgIpc) is 2.64. The van der Waals surface area contributed by atoms with Crippen LogP contribution in [0.5, 0.6) is 0 Å². The molecule has 0 saturated carbocycles. The SMILES string of the molecule is O=C=NCCCCCCc1c(=O)oc(=O)n(CCCCCCN=C=O)[n+]1O. The number of carbonyl (C=O) groups excluding carboxylic acids is 2. The first-order chi connectivity index (χ1) is 13.1. The van der Waals surface area contributed by atoms with Gasteiger partial charge in [-0.25, -0.2) is 29.2 Å². The molecule has 1 heterocycles. The Kier molecular flexibility index (Phi) is 11.0. The standard InChI is InChI=1S/C17H25N4O6/c22-13-18-10-6-2-1-5-9-15-16(24)27-17(25)20(21(15)26)12-8-4-3-7-11-19-14-23/h26H,1-12H2/q+1. The van der Waals surface area contributed by atoms with Gasteiger partial charge in [-0.1, -0.05) is 25.7 Å². The van der Waals surface area contributed by atoms with Crippen LogP contribution < -0.4 is 16.2 Å². The number of aliphatic imine (C=N–C) groups is 2. The second-order valence-electron chi connectivity index (χ2n) is 6.04. The first-order valence-corrected chi connectivity index (χ1v) is 9.07. The highest BCUT2D eigenvalue weighted by Crippen LogP contribution is 2.03. The highest BCUT2D eigenvalue weighted by molar-refractivity contribution is 5.32. The van der Waals surface area contributed by atoms with E-state index in [0.717, 1.165) is 43.2 Å². The quantitative estimate of drug-likeness (QED) is 0.165. The number of rotatable bonds is 14. The van der Waals surface area contributed by atoms with E-state index < -0.39 is 11.4 Å². The van der Waals surface area contributed by atoms with Crippen molar-refractivity contribution >= 4 is 12.2 Å². The van der Waals surface area contributed by atoms with Crippen LogP contribution in [-0.2, 0) is 22.6 Å². The number of hydrogen-bond acceptors (Lipinski definition) is 8. The van der Waals surface area contributed by atoms with E-state index in [0.29, 0.717) is 30.8 Å². The lowest BCUT2D eigenvalue weighted by molar-refractivity contribution is -0.974. The first kappa shape index (κ1) is 22.2. The molecular weight excluding hydrogens is 356 g/mol. The molecule has 0 aliphatic rings. The normalized spacial score (nSPS) is 10.2. The third-order valence-electron chi connectivity index (χ3n) is 4.05. The molecule has 1 rings (SSSR count). The molecule has 148 valence electrons. The molecule has 0 aliphatic carbocycles. The summed E-state index contributed by atoms with van der Waals surface area (Å²) in [5, 5.41) is 10.2. The van der Waals surface area contributed by atoms with Crippen molar-refractivity contribution in [3.8, 4) is 0 Å². The van der Waals surface area contributed by atoms with Gasteiger partial charge in [-0.2, -0.15) is 0 Å². The molecular formula is C17H25N4O6+. The molecule has 27 heavy (non-hydrogen) atoms. The van der Waals surface area contributed by atoms with E-state index in [1.807, 2.05) is 0 Å². The van der Waals surface area contributed by atoms with Gasteiger partial charge in [0.25, 0.3) is 0 Å². The van der Waals surface area contributed by atoms with E-state index in [4.69, 9.17) is 4.42 Å². The van der Waals surface area contributed by atoms with Crippen molar-refractivity contribution in [1.82, 2.24) is 4.68 Å². The Morgan fingerprint density at radius 3 is 2.04 bits per heavy atom. The van der Waals surface area contributed by atoms with Gasteiger partial charge in [-0.05, 0) is 30.4 Å². The summed E-state index contributed by atoms with van der Waals surface area (Å²) in [4.78, 5) is 51.1. The highest BCUT2D eigenvalue weighted by Gasteiger charge is 2.24. The van der Waals surface area contributed by atoms with Crippen molar-refractivity contribution in [1.29, 1.82) is 0 Å². The number of isocyanates is 2. The van der Waals surface area contributed by atoms with Crippen LogP contribution in [0.1, 0.15) is 57.1 Å². The molecule has 0 bridgehead atoms. The third kappa shape index (κ3) is 8.40. The zero-order chi connectivity index (χ0) is 19.9. The molecule has 0 atom stereocenters. The molecule has 10 heteroatoms. The van der Waals surface area contributed by atoms with E-state index in [9.17, 15) is 24.4 Å². The van der Waals surface area contributed by atoms with Gasteiger partial charge >= 0.3 is 17.1 Å². The first-order valence-electron chi connectivity index (χ1n) is 9.07. The maximum absolute atomic E-state index is 11.8. The van der Waals surface area contributed by atoms with Crippen LogP contribution in [0.25, 0.3) is 0 Å². The lowest BCUT2D eigenvalue weighted by Gasteiger charge is -2.03. The van der Waals surface area contributed by atoms with E-state index >= 15 is 0 Å². The Hall–Kier alpha value is -2.83. The smallest absolute Gasteiger partial charge is 0.364 e. The van der Waals surface area contributed by atoms with Crippen LogP contribution >= 0.6 is 0 Å². The van der Waals surface area contributed by atoms with Crippen molar-refractivity contribution in [2.45, 2.75) is 64.3 Å². The highest BCUT2D eigenvalue weighted by atomic mass is 16.5. The van der Waals surface area contributed by atoms with Gasteiger partial charge in [0.15, 0.2) is 0 Å². The Balaban J connectivity index is 2.53. The Morgan fingerprint density at radius 1 is 0.889 bits per heavy atom. The lowest BCUT2D eigenvalue weighted by Crippen LogP contribution is -2.56. The molecule has 0 radical (unpaired) electrons. The molecule has 0 aliphatic heterocycles. The largest absolute Gasteiger partial charge is 0.475 e. The minimum Gasteiger partial charge on any atom is -0.364 e. The number of unbranched alkanes of at least 4 members (excludes halogenated alkanes) is 6. The Morgan fingerprint density at radius 2 is 1.44 bits per heavy atom. The van der Waals surface area contributed by atoms with E-state index in [1.54, 1.807) is 0 Å². The fourth-order valence-corrected chi connectivity index (χ4v) is 2.62. The van der Waals surface area contributed by atoms with Crippen molar-refractivity contribution in [3.05, 3.63) is 26.7 Å². The summed E-state index contributed by atoms with van der Waals surface area (Å²) in [5.74, 6) is -0.900. The maximum atomic E-state index is 11.8. The van der Waals surface area contributed by atoms with E-state index in [1.165, 1.54) is 12.2 Å². The van der Waals surface area contributed by atoms with Crippen molar-refractivity contribution in [2.24, 2.45) is 9.98 Å². The number of hydrogen-bond donors (Lipinski definition) is 1. The van der Waals surface area contributed by atoms with Crippen molar-refractivity contribution in [3.63, 3.8) is 0 Å². The fraction of sp³-hybridized carbons (Fsp3) is 0.706. The predicted molar refractivity (Wildman–Crippen MR) is 93.2 cm³/mol. The third-order valence-corrected chi connectivity index (χ3v) is 4.05. The number of nitrogens with zero attached hydrogens (tertiary/aromatic N) is 4. The summed E-state index contributed by atoms with van der Waals surface area (Å²) in [7, 11) is 0. The molecule has 1 aromatic heterocycles. The molecule has 0 amide bonds. The van der Waals surface area contributed by atoms with Crippen molar-refractivity contribution in [2.75, 3.05) is 13.1 Å². The second-order valence-corrected chi connectivity index (χ2v) is 6.04. The summed E-state index contributed by atoms with van der Waals surface area (Å²) >= 11 is 0. The van der Waals surface area contributed by atoms with Crippen LogP contribution in [0, 0.1) is 0 Å². The fourth-order valence-electron chi connectivity index (χ4n) is 2.62. The van der Waals surface area contributed by atoms with E-state index in [2.05, 4.69) is 9.98 Å². The monoisotopic (exact) mass is 381 g/mol. The van der Waals surface area contributed by atoms with Crippen LogP contribution in [0.3, 0.4) is 0 Å². The van der Waals surface area contributed by atoms with Gasteiger partial charge in [-0.15, -0.1) is 0 Å². The summed E-state index contributed by atoms with van der Waals surface area (Å²) in [6.45, 7) is 1.07. The zero-order valence-electron chi connectivity index (χ0n) is 15.3. The molecule has 0 fully saturated rings. The molecule has 0 saturated heterocycles. The van der Waals surface area contributed by atoms with Gasteiger partial charge < -0.3 is 4.42 Å². The molecule has 0 spiro atoms. The molecule has 1 aromatic rings. The summed E-state index contributed by atoms with van der Waals surface area (Å²) in [5.41, 5.74) is -0.808. The van der Waals surface area contributed by atoms with Crippen LogP contribution in [0.4, 0.5) is 0 Å². The van der Waals surface area contributed by atoms with Crippen LogP contribution in [0.2, 0.25) is 0 Å². The molecule has 0 aromatic carbocycles. The van der Waals surface area contributed by atoms with Gasteiger partial charge in [0.2, 0.25) is 12.2 Å². The van der Waals surface area contributed by atoms with Gasteiger partial charge in [0.05, 0.1) is 19.6 Å². The van der Waals surface area contributed by atoms with Crippen LogP contribution in [0.15, 0.2) is 24.0 Å². The zero-order valence-corrected chi connectivity index (χ0v) is 15.3. The maximum Gasteiger partial charge on any atom is 0.475 e. The summed E-state index contributed by atoms with van der Waals surface area (Å²) in [6, 6.07) is 0. The molecule has 0 unspecified atom stereocenters. The molecule has 10 nitrogen and oxygen atoms in total. The number of aromatic nitrogens is 2. The summed E-state index contributed by atoms with van der Waals surface area (Å²) < 4.78 is 5.69. The minimum absolute atomic E-state index is 0.0285. The average molecular weight is 381 g/mol. The Labute approximate surface area is 155 Å². The van der Waals surface area contributed by atoms with Crippen molar-refractivity contribution < 1.29 is 24.1 Å².